The molecule has 0 aromatic heterocycles. The van der Waals surface area contributed by atoms with Crippen molar-refractivity contribution in [1.29, 1.82) is 0 Å². The van der Waals surface area contributed by atoms with E-state index in [-0.39, 0.29) is 4.70 Å². The molecule has 0 atom stereocenters. The topological polar surface area (TPSA) is 3.24 Å². The van der Waals surface area contributed by atoms with Crippen molar-refractivity contribution in [2.75, 3.05) is 13.1 Å². The third-order valence-electron chi connectivity index (χ3n) is 3.69. The third-order valence-corrected chi connectivity index (χ3v) is 3.69. The van der Waals surface area contributed by atoms with Gasteiger partial charge < -0.3 is 4.90 Å². The lowest BCUT2D eigenvalue weighted by molar-refractivity contribution is 0.151. The Morgan fingerprint density at radius 2 is 1.38 bits per heavy atom. The summed E-state index contributed by atoms with van der Waals surface area (Å²) >= 11 is 0. The predicted molar refractivity (Wildman–Crippen MR) is 70.8 cm³/mol. The smallest absolute Gasteiger partial charge is 0.00952 e. The molecule has 0 aromatic carbocycles. The molecule has 1 aliphatic carbocycles. The summed E-state index contributed by atoms with van der Waals surface area (Å²) in [5, 5.41) is 0. The molecule has 1 aliphatic rings. The van der Waals surface area contributed by atoms with Crippen LogP contribution in [0.25, 0.3) is 0 Å². The van der Waals surface area contributed by atoms with Crippen molar-refractivity contribution in [1.82, 2.24) is 4.90 Å². The van der Waals surface area contributed by atoms with Crippen LogP contribution in [-0.4, -0.2) is 24.0 Å². The van der Waals surface area contributed by atoms with Crippen molar-refractivity contribution in [2.45, 2.75) is 77.7 Å². The van der Waals surface area contributed by atoms with Gasteiger partial charge in [0.25, 0.3) is 0 Å². The summed E-state index contributed by atoms with van der Waals surface area (Å²) < 4.78 is 0. The van der Waals surface area contributed by atoms with Crippen LogP contribution in [-0.2, 0) is 0 Å². The zero-order valence-corrected chi connectivity index (χ0v) is 11.2. The number of rotatable bonds is 7. The van der Waals surface area contributed by atoms with Gasteiger partial charge in [-0.25, -0.2) is 0 Å². The zero-order chi connectivity index (χ0) is 10.9. The Morgan fingerprint density at radius 3 is 1.81 bits per heavy atom. The molecule has 0 unspecified atom stereocenters. The van der Waals surface area contributed by atoms with Gasteiger partial charge in [0.05, 0.1) is 0 Å². The minimum Gasteiger partial charge on any atom is -0.300 e. The highest BCUT2D eigenvalue weighted by molar-refractivity contribution is 4.75. The molecule has 98 valence electrons. The molecule has 16 heavy (non-hydrogen) atoms. The highest BCUT2D eigenvalue weighted by atomic mass is 19.0. The molecule has 0 aliphatic heterocycles. The van der Waals surface area contributed by atoms with E-state index in [4.69, 9.17) is 0 Å². The fraction of sp³-hybridized carbons (Fsp3) is 1.00. The van der Waals surface area contributed by atoms with Crippen molar-refractivity contribution in [3.8, 4) is 0 Å². The van der Waals surface area contributed by atoms with Gasteiger partial charge in [0, 0.05) is 6.04 Å². The lowest BCUT2D eigenvalue weighted by Crippen LogP contribution is -2.38. The molecule has 1 nitrogen and oxygen atoms in total. The van der Waals surface area contributed by atoms with Crippen molar-refractivity contribution in [3.63, 3.8) is 0 Å². The first-order chi connectivity index (χ1) is 7.38. The van der Waals surface area contributed by atoms with E-state index in [1.807, 2.05) is 0 Å². The number of hydrogen-bond donors (Lipinski definition) is 0. The van der Waals surface area contributed by atoms with Gasteiger partial charge in [-0.3, -0.25) is 4.70 Å². The molecular weight excluding hydrogens is 201 g/mol. The third kappa shape index (κ3) is 5.83. The van der Waals surface area contributed by atoms with Crippen LogP contribution in [0, 0.1) is 0 Å². The highest BCUT2D eigenvalue weighted by Gasteiger charge is 2.19. The lowest BCUT2D eigenvalue weighted by Gasteiger charge is -2.34. The summed E-state index contributed by atoms with van der Waals surface area (Å²) in [6, 6.07) is 0.928. The molecule has 1 saturated carbocycles. The Kier molecular flexibility index (Phi) is 10.0. The van der Waals surface area contributed by atoms with Crippen molar-refractivity contribution >= 4 is 0 Å². The summed E-state index contributed by atoms with van der Waals surface area (Å²) in [5.41, 5.74) is 0. The average Bonchev–Trinajstić information content (AvgIpc) is 2.30. The monoisotopic (exact) mass is 231 g/mol. The van der Waals surface area contributed by atoms with Gasteiger partial charge in [0.15, 0.2) is 0 Å². The number of nitrogens with zero attached hydrogens (tertiary/aromatic N) is 1. The maximum atomic E-state index is 2.78. The van der Waals surface area contributed by atoms with Crippen molar-refractivity contribution in [3.05, 3.63) is 0 Å². The predicted octanol–water partition coefficient (Wildman–Crippen LogP) is 4.37. The molecule has 0 aromatic rings. The van der Waals surface area contributed by atoms with E-state index in [1.54, 1.807) is 0 Å². The molecule has 0 radical (unpaired) electrons. The molecule has 0 spiro atoms. The van der Waals surface area contributed by atoms with E-state index in [2.05, 4.69) is 18.7 Å². The summed E-state index contributed by atoms with van der Waals surface area (Å²) in [4.78, 5) is 2.78. The van der Waals surface area contributed by atoms with Gasteiger partial charge in [-0.15, -0.1) is 0 Å². The number of hydrogen-bond acceptors (Lipinski definition) is 1. The van der Waals surface area contributed by atoms with Gasteiger partial charge in [-0.2, -0.15) is 0 Å². The van der Waals surface area contributed by atoms with Crippen LogP contribution < -0.4 is 0 Å². The minimum absolute atomic E-state index is 0. The fourth-order valence-electron chi connectivity index (χ4n) is 2.65. The molecule has 2 heteroatoms. The van der Waals surface area contributed by atoms with E-state index in [1.165, 1.54) is 70.9 Å². The molecule has 0 heterocycles. The van der Waals surface area contributed by atoms with Crippen LogP contribution in [0.2, 0.25) is 0 Å². The largest absolute Gasteiger partial charge is 0.300 e. The van der Waals surface area contributed by atoms with Gasteiger partial charge in [0.1, 0.15) is 0 Å². The Bertz CT molecular complexity index is 136. The Labute approximate surface area is 101 Å². The van der Waals surface area contributed by atoms with E-state index in [0.29, 0.717) is 0 Å². The molecule has 1 fully saturated rings. The van der Waals surface area contributed by atoms with Crippen LogP contribution in [0.1, 0.15) is 71.6 Å². The van der Waals surface area contributed by atoms with Gasteiger partial charge in [-0.1, -0.05) is 46.0 Å². The van der Waals surface area contributed by atoms with E-state index in [9.17, 15) is 0 Å². The molecular formula is C14H30FN. The average molecular weight is 231 g/mol. The zero-order valence-electron chi connectivity index (χ0n) is 11.2. The van der Waals surface area contributed by atoms with E-state index in [0.717, 1.165) is 6.04 Å². The maximum Gasteiger partial charge on any atom is 0.00952 e. The van der Waals surface area contributed by atoms with Crippen LogP contribution in [0.3, 0.4) is 0 Å². The van der Waals surface area contributed by atoms with Gasteiger partial charge >= 0.3 is 0 Å². The van der Waals surface area contributed by atoms with Gasteiger partial charge in [0.2, 0.25) is 0 Å². The van der Waals surface area contributed by atoms with E-state index >= 15 is 0 Å². The highest BCUT2D eigenvalue weighted by Crippen LogP contribution is 2.23. The Balaban J connectivity index is 0.00000225. The van der Waals surface area contributed by atoms with E-state index < -0.39 is 0 Å². The van der Waals surface area contributed by atoms with Crippen molar-refractivity contribution in [2.24, 2.45) is 0 Å². The summed E-state index contributed by atoms with van der Waals surface area (Å²) in [5.74, 6) is 0. The quantitative estimate of drug-likeness (QED) is 0.628. The van der Waals surface area contributed by atoms with Crippen LogP contribution >= 0.6 is 0 Å². The number of unbranched alkanes of at least 4 members (excludes halogenated alkanes) is 2. The van der Waals surface area contributed by atoms with Crippen molar-refractivity contribution < 1.29 is 4.70 Å². The first-order valence-electron chi connectivity index (χ1n) is 7.12. The normalized spacial score (nSPS) is 17.4. The SMILES string of the molecule is CCCCN(CCCC)C1CCCCC1.F. The molecule has 0 amide bonds. The Morgan fingerprint density at radius 1 is 0.875 bits per heavy atom. The first-order valence-corrected chi connectivity index (χ1v) is 7.12. The minimum atomic E-state index is 0. The standard InChI is InChI=1S/C14H29N.FH/c1-3-5-12-15(13-6-4-2)14-10-8-7-9-11-14;/h14H,3-13H2,1-2H3;1H. The second-order valence-electron chi connectivity index (χ2n) is 5.03. The maximum absolute atomic E-state index is 2.78. The number of halogens is 1. The molecule has 0 N–H and O–H groups in total. The van der Waals surface area contributed by atoms with Crippen LogP contribution in [0.4, 0.5) is 4.70 Å². The van der Waals surface area contributed by atoms with Crippen LogP contribution in [0.15, 0.2) is 0 Å². The molecule has 0 bridgehead atoms. The summed E-state index contributed by atoms with van der Waals surface area (Å²) in [7, 11) is 0. The first kappa shape index (κ1) is 15.9. The summed E-state index contributed by atoms with van der Waals surface area (Å²) in [6.45, 7) is 7.31. The second-order valence-corrected chi connectivity index (χ2v) is 5.03. The molecule has 0 saturated heterocycles. The lowest BCUT2D eigenvalue weighted by atomic mass is 9.94. The second kappa shape index (κ2) is 10.1. The Hall–Kier alpha value is -0.110. The fourth-order valence-corrected chi connectivity index (χ4v) is 2.65. The van der Waals surface area contributed by atoms with Crippen LogP contribution in [0.5, 0.6) is 0 Å². The molecule has 1 rings (SSSR count). The summed E-state index contributed by atoms with van der Waals surface area (Å²) in [6.07, 6.45) is 12.8. The van der Waals surface area contributed by atoms with Gasteiger partial charge in [-0.05, 0) is 38.8 Å².